The predicted octanol–water partition coefficient (Wildman–Crippen LogP) is 2.50. The van der Waals surface area contributed by atoms with Crippen LogP contribution in [0, 0.1) is 17.0 Å². The van der Waals surface area contributed by atoms with Gasteiger partial charge in [0.15, 0.2) is 0 Å². The number of rotatable bonds is 4. The largest absolute Gasteiger partial charge is 0.478 e. The summed E-state index contributed by atoms with van der Waals surface area (Å²) in [6.07, 6.45) is 1.40. The number of carboxylic acids is 1. The van der Waals surface area contributed by atoms with E-state index < -0.39 is 10.9 Å². The van der Waals surface area contributed by atoms with Crippen molar-refractivity contribution < 1.29 is 14.8 Å². The van der Waals surface area contributed by atoms with Crippen LogP contribution in [0.2, 0.25) is 5.02 Å². The van der Waals surface area contributed by atoms with E-state index >= 15 is 0 Å². The van der Waals surface area contributed by atoms with Crippen molar-refractivity contribution >= 4 is 23.3 Å². The zero-order valence-electron chi connectivity index (χ0n) is 10.4. The van der Waals surface area contributed by atoms with Crippen molar-refractivity contribution in [1.82, 2.24) is 9.78 Å². The van der Waals surface area contributed by atoms with Crippen LogP contribution in [0.5, 0.6) is 0 Å². The maximum Gasteiger partial charge on any atom is 0.339 e. The summed E-state index contributed by atoms with van der Waals surface area (Å²) in [4.78, 5) is 21.0. The van der Waals surface area contributed by atoms with Gasteiger partial charge < -0.3 is 5.11 Å². The first-order valence-corrected chi connectivity index (χ1v) is 5.96. The first-order chi connectivity index (χ1) is 9.38. The lowest BCUT2D eigenvalue weighted by Gasteiger charge is -2.04. The van der Waals surface area contributed by atoms with Gasteiger partial charge in [-0.05, 0) is 18.6 Å². The monoisotopic (exact) mass is 295 g/mol. The van der Waals surface area contributed by atoms with Gasteiger partial charge in [-0.3, -0.25) is 14.8 Å². The lowest BCUT2D eigenvalue weighted by molar-refractivity contribution is -0.384. The van der Waals surface area contributed by atoms with Crippen LogP contribution in [-0.4, -0.2) is 25.8 Å². The SMILES string of the molecule is Cc1nn(Cc2ccc([N+](=O)[O-])cc2Cl)cc1C(=O)O. The fourth-order valence-electron chi connectivity index (χ4n) is 1.76. The van der Waals surface area contributed by atoms with Crippen molar-refractivity contribution in [3.63, 3.8) is 0 Å². The number of aromatic nitrogens is 2. The molecule has 0 unspecified atom stereocenters. The van der Waals surface area contributed by atoms with Crippen LogP contribution in [-0.2, 0) is 6.54 Å². The van der Waals surface area contributed by atoms with Crippen molar-refractivity contribution in [2.45, 2.75) is 13.5 Å². The average Bonchev–Trinajstić information content (AvgIpc) is 2.73. The molecule has 0 aliphatic rings. The van der Waals surface area contributed by atoms with Gasteiger partial charge in [0.25, 0.3) is 5.69 Å². The highest BCUT2D eigenvalue weighted by molar-refractivity contribution is 6.31. The fourth-order valence-corrected chi connectivity index (χ4v) is 2.00. The molecule has 0 spiro atoms. The van der Waals surface area contributed by atoms with Crippen LogP contribution >= 0.6 is 11.6 Å². The van der Waals surface area contributed by atoms with Crippen molar-refractivity contribution in [2.24, 2.45) is 0 Å². The van der Waals surface area contributed by atoms with Gasteiger partial charge in [-0.15, -0.1) is 0 Å². The van der Waals surface area contributed by atoms with Crippen molar-refractivity contribution in [1.29, 1.82) is 0 Å². The number of benzene rings is 1. The molecular weight excluding hydrogens is 286 g/mol. The highest BCUT2D eigenvalue weighted by atomic mass is 35.5. The number of carboxylic acid groups (broad SMARTS) is 1. The number of aromatic carboxylic acids is 1. The molecule has 2 rings (SSSR count). The second-order valence-corrected chi connectivity index (χ2v) is 4.57. The molecule has 0 aliphatic heterocycles. The summed E-state index contributed by atoms with van der Waals surface area (Å²) in [6.45, 7) is 1.84. The Bertz CT molecular complexity index is 696. The third-order valence-electron chi connectivity index (χ3n) is 2.76. The third-order valence-corrected chi connectivity index (χ3v) is 3.11. The second-order valence-electron chi connectivity index (χ2n) is 4.16. The Morgan fingerprint density at radius 2 is 2.25 bits per heavy atom. The maximum absolute atomic E-state index is 10.9. The van der Waals surface area contributed by atoms with Gasteiger partial charge in [0.05, 0.1) is 22.2 Å². The molecule has 104 valence electrons. The molecule has 1 aromatic heterocycles. The summed E-state index contributed by atoms with van der Waals surface area (Å²) >= 11 is 5.97. The van der Waals surface area contributed by atoms with Gasteiger partial charge in [0.1, 0.15) is 5.56 Å². The van der Waals surface area contributed by atoms with Crippen molar-refractivity contribution in [2.75, 3.05) is 0 Å². The molecule has 7 nitrogen and oxygen atoms in total. The van der Waals surface area contributed by atoms with Gasteiger partial charge in [-0.1, -0.05) is 11.6 Å². The van der Waals surface area contributed by atoms with Crippen LogP contribution in [0.25, 0.3) is 0 Å². The van der Waals surface area contributed by atoms with Gasteiger partial charge >= 0.3 is 5.97 Å². The number of hydrogen-bond acceptors (Lipinski definition) is 4. The minimum Gasteiger partial charge on any atom is -0.478 e. The first-order valence-electron chi connectivity index (χ1n) is 5.58. The molecule has 0 aliphatic carbocycles. The highest BCUT2D eigenvalue weighted by Crippen LogP contribution is 2.23. The Balaban J connectivity index is 2.28. The Morgan fingerprint density at radius 3 is 2.75 bits per heavy atom. The van der Waals surface area contributed by atoms with E-state index in [0.717, 1.165) is 0 Å². The zero-order valence-corrected chi connectivity index (χ0v) is 11.2. The van der Waals surface area contributed by atoms with Crippen molar-refractivity contribution in [3.8, 4) is 0 Å². The Labute approximate surface area is 118 Å². The summed E-state index contributed by atoms with van der Waals surface area (Å²) in [7, 11) is 0. The molecule has 0 fully saturated rings. The minimum absolute atomic E-state index is 0.0957. The first kappa shape index (κ1) is 14.0. The van der Waals surface area contributed by atoms with Crippen LogP contribution in [0.3, 0.4) is 0 Å². The van der Waals surface area contributed by atoms with Crippen LogP contribution in [0.15, 0.2) is 24.4 Å². The normalized spacial score (nSPS) is 10.5. The van der Waals surface area contributed by atoms with Crippen LogP contribution in [0.4, 0.5) is 5.69 Å². The number of nitrogens with zero attached hydrogens (tertiary/aromatic N) is 3. The number of non-ortho nitro benzene ring substituents is 1. The smallest absolute Gasteiger partial charge is 0.339 e. The molecule has 1 N–H and O–H groups in total. The molecule has 1 aromatic carbocycles. The summed E-state index contributed by atoms with van der Waals surface area (Å²) in [5.41, 5.74) is 1.04. The molecule has 0 saturated carbocycles. The standard InChI is InChI=1S/C12H10ClN3O4/c1-7-10(12(17)18)6-15(14-7)5-8-2-3-9(16(19)20)4-11(8)13/h2-4,6H,5H2,1H3,(H,17,18). The molecule has 20 heavy (non-hydrogen) atoms. The molecule has 8 heteroatoms. The number of nitro benzene ring substituents is 1. The van der Waals surface area contributed by atoms with E-state index in [0.29, 0.717) is 11.3 Å². The Morgan fingerprint density at radius 1 is 1.55 bits per heavy atom. The third kappa shape index (κ3) is 2.77. The molecule has 0 atom stereocenters. The number of hydrogen-bond donors (Lipinski definition) is 1. The average molecular weight is 296 g/mol. The Hall–Kier alpha value is -2.41. The van der Waals surface area contributed by atoms with E-state index in [1.165, 1.54) is 29.1 Å². The van der Waals surface area contributed by atoms with Crippen LogP contribution < -0.4 is 0 Å². The van der Waals surface area contributed by atoms with E-state index in [-0.39, 0.29) is 22.8 Å². The summed E-state index contributed by atoms with van der Waals surface area (Å²) in [5, 5.41) is 23.9. The number of carbonyl (C=O) groups is 1. The summed E-state index contributed by atoms with van der Waals surface area (Å²) in [5.74, 6) is -1.05. The van der Waals surface area contributed by atoms with E-state index in [1.807, 2.05) is 0 Å². The predicted molar refractivity (Wildman–Crippen MR) is 71.1 cm³/mol. The molecule has 2 aromatic rings. The number of aryl methyl sites for hydroxylation is 1. The highest BCUT2D eigenvalue weighted by Gasteiger charge is 2.14. The molecule has 0 amide bonds. The minimum atomic E-state index is -1.05. The molecule has 0 bridgehead atoms. The Kier molecular flexibility index (Phi) is 3.71. The summed E-state index contributed by atoms with van der Waals surface area (Å²) in [6, 6.07) is 4.12. The van der Waals surface area contributed by atoms with Crippen molar-refractivity contribution in [3.05, 3.63) is 56.4 Å². The summed E-state index contributed by atoms with van der Waals surface area (Å²) < 4.78 is 1.44. The maximum atomic E-state index is 10.9. The van der Waals surface area contributed by atoms with Gasteiger partial charge in [-0.2, -0.15) is 5.10 Å². The molecule has 0 radical (unpaired) electrons. The van der Waals surface area contributed by atoms with E-state index in [9.17, 15) is 14.9 Å². The number of halogens is 1. The lowest BCUT2D eigenvalue weighted by Crippen LogP contribution is -2.01. The fraction of sp³-hybridized carbons (Fsp3) is 0.167. The quantitative estimate of drug-likeness (QED) is 0.690. The van der Waals surface area contributed by atoms with E-state index in [1.54, 1.807) is 6.92 Å². The molecule has 0 saturated heterocycles. The van der Waals surface area contributed by atoms with E-state index in [2.05, 4.69) is 5.10 Å². The molecular formula is C12H10ClN3O4. The van der Waals surface area contributed by atoms with E-state index in [4.69, 9.17) is 16.7 Å². The van der Waals surface area contributed by atoms with Gasteiger partial charge in [0, 0.05) is 18.3 Å². The second kappa shape index (κ2) is 5.30. The number of nitro groups is 1. The van der Waals surface area contributed by atoms with Gasteiger partial charge in [-0.25, -0.2) is 4.79 Å². The topological polar surface area (TPSA) is 98.3 Å². The zero-order chi connectivity index (χ0) is 14.9. The molecule has 1 heterocycles. The lowest BCUT2D eigenvalue weighted by atomic mass is 10.2. The van der Waals surface area contributed by atoms with Crippen LogP contribution in [0.1, 0.15) is 21.6 Å². The van der Waals surface area contributed by atoms with Gasteiger partial charge in [0.2, 0.25) is 0 Å².